The summed E-state index contributed by atoms with van der Waals surface area (Å²) in [4.78, 5) is 0. The Morgan fingerprint density at radius 1 is 0.842 bits per heavy atom. The van der Waals surface area contributed by atoms with E-state index in [0.29, 0.717) is 0 Å². The minimum atomic E-state index is -0.186. The Morgan fingerprint density at radius 2 is 1.53 bits per heavy atom. The van der Waals surface area contributed by atoms with Crippen molar-refractivity contribution in [2.24, 2.45) is 0 Å². The molecule has 3 rings (SSSR count). The highest BCUT2D eigenvalue weighted by Crippen LogP contribution is 2.26. The molecule has 98 valence electrons. The standard InChI is InChI=1S/C17H18O2/c18-15-8-11-17(12-15)19-16-9-6-14(7-10-16)13-4-2-1-3-5-13/h1-7,9-10,15,17-18H,8,11-12H2/t15-,17+/m1/s1. The molecule has 2 heteroatoms. The maximum atomic E-state index is 9.49. The largest absolute Gasteiger partial charge is 0.490 e. The van der Waals surface area contributed by atoms with Crippen molar-refractivity contribution < 1.29 is 9.84 Å². The Balaban J connectivity index is 1.69. The first-order valence-electron chi connectivity index (χ1n) is 6.81. The summed E-state index contributed by atoms with van der Waals surface area (Å²) >= 11 is 0. The molecule has 0 radical (unpaired) electrons. The molecule has 0 saturated heterocycles. The van der Waals surface area contributed by atoms with E-state index in [1.165, 1.54) is 11.1 Å². The lowest BCUT2D eigenvalue weighted by Crippen LogP contribution is -2.13. The predicted molar refractivity (Wildman–Crippen MR) is 76.2 cm³/mol. The number of aliphatic hydroxyl groups excluding tert-OH is 1. The van der Waals surface area contributed by atoms with Gasteiger partial charge < -0.3 is 9.84 Å². The summed E-state index contributed by atoms with van der Waals surface area (Å²) in [6.07, 6.45) is 2.53. The summed E-state index contributed by atoms with van der Waals surface area (Å²) in [6, 6.07) is 18.5. The van der Waals surface area contributed by atoms with Gasteiger partial charge in [-0.05, 0) is 36.1 Å². The number of ether oxygens (including phenoxy) is 1. The van der Waals surface area contributed by atoms with Gasteiger partial charge in [0.25, 0.3) is 0 Å². The van der Waals surface area contributed by atoms with Crippen molar-refractivity contribution in [3.63, 3.8) is 0 Å². The average molecular weight is 254 g/mol. The number of rotatable bonds is 3. The smallest absolute Gasteiger partial charge is 0.119 e. The first-order chi connectivity index (χ1) is 9.31. The summed E-state index contributed by atoms with van der Waals surface area (Å²) in [7, 11) is 0. The van der Waals surface area contributed by atoms with E-state index in [1.807, 2.05) is 30.3 Å². The van der Waals surface area contributed by atoms with Gasteiger partial charge in [0.05, 0.1) is 6.10 Å². The van der Waals surface area contributed by atoms with Crippen LogP contribution in [0.2, 0.25) is 0 Å². The topological polar surface area (TPSA) is 29.5 Å². The quantitative estimate of drug-likeness (QED) is 0.906. The van der Waals surface area contributed by atoms with Crippen LogP contribution in [0.3, 0.4) is 0 Å². The van der Waals surface area contributed by atoms with E-state index >= 15 is 0 Å². The molecule has 2 nitrogen and oxygen atoms in total. The van der Waals surface area contributed by atoms with Gasteiger partial charge in [-0.3, -0.25) is 0 Å². The average Bonchev–Trinajstić information content (AvgIpc) is 2.86. The number of hydrogen-bond donors (Lipinski definition) is 1. The van der Waals surface area contributed by atoms with E-state index in [9.17, 15) is 5.11 Å². The zero-order chi connectivity index (χ0) is 13.1. The van der Waals surface area contributed by atoms with Gasteiger partial charge in [-0.1, -0.05) is 42.5 Å². The van der Waals surface area contributed by atoms with Crippen LogP contribution < -0.4 is 4.74 Å². The van der Waals surface area contributed by atoms with Crippen molar-refractivity contribution in [3.05, 3.63) is 54.6 Å². The zero-order valence-corrected chi connectivity index (χ0v) is 10.8. The molecule has 2 aromatic carbocycles. The fourth-order valence-electron chi connectivity index (χ4n) is 2.57. The van der Waals surface area contributed by atoms with Crippen LogP contribution in [0.5, 0.6) is 5.75 Å². The summed E-state index contributed by atoms with van der Waals surface area (Å²) < 4.78 is 5.88. The Labute approximate surface area is 113 Å². The highest BCUT2D eigenvalue weighted by Gasteiger charge is 2.24. The summed E-state index contributed by atoms with van der Waals surface area (Å²) in [6.45, 7) is 0. The SMILES string of the molecule is O[C@@H]1CC[C@H](Oc2ccc(-c3ccccc3)cc2)C1. The molecule has 2 atom stereocenters. The fourth-order valence-corrected chi connectivity index (χ4v) is 2.57. The van der Waals surface area contributed by atoms with Gasteiger partial charge in [0.2, 0.25) is 0 Å². The molecule has 1 N–H and O–H groups in total. The molecule has 0 spiro atoms. The van der Waals surface area contributed by atoms with Gasteiger partial charge in [-0.2, -0.15) is 0 Å². The molecule has 1 aliphatic carbocycles. The number of benzene rings is 2. The van der Waals surface area contributed by atoms with E-state index in [-0.39, 0.29) is 12.2 Å². The minimum Gasteiger partial charge on any atom is -0.490 e. The molecule has 0 heterocycles. The van der Waals surface area contributed by atoms with Crippen LogP contribution in [0.1, 0.15) is 19.3 Å². The molecule has 2 aromatic rings. The normalized spacial score (nSPS) is 22.4. The third-order valence-electron chi connectivity index (χ3n) is 3.62. The molecular weight excluding hydrogens is 236 g/mol. The Bertz CT molecular complexity index is 519. The second kappa shape index (κ2) is 5.45. The molecule has 0 amide bonds. The van der Waals surface area contributed by atoms with Crippen LogP contribution in [0, 0.1) is 0 Å². The van der Waals surface area contributed by atoms with Gasteiger partial charge in [-0.25, -0.2) is 0 Å². The van der Waals surface area contributed by atoms with Gasteiger partial charge in [-0.15, -0.1) is 0 Å². The molecule has 0 bridgehead atoms. The summed E-state index contributed by atoms with van der Waals surface area (Å²) in [5.41, 5.74) is 2.41. The van der Waals surface area contributed by atoms with Crippen molar-refractivity contribution >= 4 is 0 Å². The second-order valence-corrected chi connectivity index (χ2v) is 5.10. The summed E-state index contributed by atoms with van der Waals surface area (Å²) in [5, 5.41) is 9.49. The predicted octanol–water partition coefficient (Wildman–Crippen LogP) is 3.65. The lowest BCUT2D eigenvalue weighted by Gasteiger charge is -2.13. The lowest BCUT2D eigenvalue weighted by atomic mass is 10.1. The van der Waals surface area contributed by atoms with Gasteiger partial charge in [0.1, 0.15) is 11.9 Å². The van der Waals surface area contributed by atoms with E-state index in [1.54, 1.807) is 0 Å². The van der Waals surface area contributed by atoms with Crippen LogP contribution in [-0.2, 0) is 0 Å². The van der Waals surface area contributed by atoms with Crippen LogP contribution >= 0.6 is 0 Å². The monoisotopic (exact) mass is 254 g/mol. The van der Waals surface area contributed by atoms with E-state index < -0.39 is 0 Å². The minimum absolute atomic E-state index is 0.164. The number of hydrogen-bond acceptors (Lipinski definition) is 2. The Morgan fingerprint density at radius 3 is 2.16 bits per heavy atom. The van der Waals surface area contributed by atoms with Crippen molar-refractivity contribution in [2.45, 2.75) is 31.5 Å². The van der Waals surface area contributed by atoms with Gasteiger partial charge >= 0.3 is 0 Å². The molecule has 1 fully saturated rings. The maximum Gasteiger partial charge on any atom is 0.119 e. The molecular formula is C17H18O2. The molecule has 0 unspecified atom stereocenters. The molecule has 1 saturated carbocycles. The molecule has 1 aliphatic rings. The van der Waals surface area contributed by atoms with E-state index in [0.717, 1.165) is 25.0 Å². The zero-order valence-electron chi connectivity index (χ0n) is 10.8. The fraction of sp³-hybridized carbons (Fsp3) is 0.294. The van der Waals surface area contributed by atoms with Crippen molar-refractivity contribution in [3.8, 4) is 16.9 Å². The highest BCUT2D eigenvalue weighted by molar-refractivity contribution is 5.63. The van der Waals surface area contributed by atoms with Crippen molar-refractivity contribution in [1.82, 2.24) is 0 Å². The third kappa shape index (κ3) is 2.96. The third-order valence-corrected chi connectivity index (χ3v) is 3.62. The van der Waals surface area contributed by atoms with E-state index in [4.69, 9.17) is 4.74 Å². The molecule has 19 heavy (non-hydrogen) atoms. The number of aliphatic hydroxyl groups is 1. The second-order valence-electron chi connectivity index (χ2n) is 5.10. The Hall–Kier alpha value is -1.80. The molecule has 0 aliphatic heterocycles. The highest BCUT2D eigenvalue weighted by atomic mass is 16.5. The molecule has 0 aromatic heterocycles. The van der Waals surface area contributed by atoms with Gasteiger partial charge in [0, 0.05) is 6.42 Å². The first kappa shape index (κ1) is 12.2. The van der Waals surface area contributed by atoms with E-state index in [2.05, 4.69) is 24.3 Å². The van der Waals surface area contributed by atoms with Crippen molar-refractivity contribution in [1.29, 1.82) is 0 Å². The van der Waals surface area contributed by atoms with Crippen molar-refractivity contribution in [2.75, 3.05) is 0 Å². The van der Waals surface area contributed by atoms with Crippen LogP contribution in [-0.4, -0.2) is 17.3 Å². The first-order valence-corrected chi connectivity index (χ1v) is 6.81. The maximum absolute atomic E-state index is 9.49. The van der Waals surface area contributed by atoms with Crippen LogP contribution in [0.4, 0.5) is 0 Å². The van der Waals surface area contributed by atoms with Crippen LogP contribution in [0.25, 0.3) is 11.1 Å². The Kier molecular flexibility index (Phi) is 3.51. The lowest BCUT2D eigenvalue weighted by molar-refractivity contribution is 0.150. The van der Waals surface area contributed by atoms with Gasteiger partial charge in [0.15, 0.2) is 0 Å². The summed E-state index contributed by atoms with van der Waals surface area (Å²) in [5.74, 6) is 0.888. The van der Waals surface area contributed by atoms with Crippen LogP contribution in [0.15, 0.2) is 54.6 Å².